The average molecular weight is 264 g/mol. The zero-order valence-electron chi connectivity index (χ0n) is 11.3. The summed E-state index contributed by atoms with van der Waals surface area (Å²) in [7, 11) is 1.59. The maximum Gasteiger partial charge on any atom is 0.319 e. The Labute approximate surface area is 113 Å². The molecule has 1 atom stereocenters. The lowest BCUT2D eigenvalue weighted by Gasteiger charge is -2.23. The standard InChI is InChI=1S/C14H20N2O3/c1-14(18,10-3-4-10)9-15-13(17)16-11-5-7-12(19-2)8-6-11/h5-8,10,18H,3-4,9H2,1-2H3,(H2,15,16,17). The summed E-state index contributed by atoms with van der Waals surface area (Å²) < 4.78 is 5.04. The molecule has 19 heavy (non-hydrogen) atoms. The van der Waals surface area contributed by atoms with Crippen molar-refractivity contribution in [1.29, 1.82) is 0 Å². The Bertz CT molecular complexity index is 439. The van der Waals surface area contributed by atoms with Gasteiger partial charge in [0.1, 0.15) is 5.75 Å². The molecule has 0 radical (unpaired) electrons. The first kappa shape index (κ1) is 13.7. The third kappa shape index (κ3) is 3.86. The number of benzene rings is 1. The first-order valence-electron chi connectivity index (χ1n) is 6.42. The maximum atomic E-state index is 11.7. The van der Waals surface area contributed by atoms with E-state index in [9.17, 15) is 9.90 Å². The first-order chi connectivity index (χ1) is 9.01. The van der Waals surface area contributed by atoms with E-state index >= 15 is 0 Å². The maximum absolute atomic E-state index is 11.7. The Morgan fingerprint density at radius 2 is 2.05 bits per heavy atom. The van der Waals surface area contributed by atoms with Gasteiger partial charge in [0.15, 0.2) is 0 Å². The number of hydrogen-bond donors (Lipinski definition) is 3. The molecule has 5 heteroatoms. The van der Waals surface area contributed by atoms with Gasteiger partial charge in [0, 0.05) is 12.2 Å². The van der Waals surface area contributed by atoms with Crippen molar-refractivity contribution in [3.8, 4) is 5.75 Å². The molecule has 0 bridgehead atoms. The quantitative estimate of drug-likeness (QED) is 0.761. The second-order valence-electron chi connectivity index (χ2n) is 5.17. The van der Waals surface area contributed by atoms with E-state index in [2.05, 4.69) is 10.6 Å². The number of anilines is 1. The van der Waals surface area contributed by atoms with Crippen LogP contribution in [0.2, 0.25) is 0 Å². The number of methoxy groups -OCH3 is 1. The van der Waals surface area contributed by atoms with E-state index in [1.807, 2.05) is 0 Å². The van der Waals surface area contributed by atoms with E-state index in [-0.39, 0.29) is 12.6 Å². The van der Waals surface area contributed by atoms with Gasteiger partial charge in [-0.05, 0) is 49.9 Å². The minimum absolute atomic E-state index is 0.264. The molecule has 1 aliphatic carbocycles. The smallest absolute Gasteiger partial charge is 0.319 e. The van der Waals surface area contributed by atoms with Crippen molar-refractivity contribution < 1.29 is 14.6 Å². The minimum atomic E-state index is -0.808. The molecule has 2 rings (SSSR count). The van der Waals surface area contributed by atoms with Gasteiger partial charge in [-0.1, -0.05) is 0 Å². The van der Waals surface area contributed by atoms with Crippen molar-refractivity contribution in [2.24, 2.45) is 5.92 Å². The molecule has 1 aliphatic rings. The van der Waals surface area contributed by atoms with E-state index in [1.54, 1.807) is 38.3 Å². The molecule has 3 N–H and O–H groups in total. The highest BCUT2D eigenvalue weighted by Crippen LogP contribution is 2.38. The Morgan fingerprint density at radius 1 is 1.42 bits per heavy atom. The van der Waals surface area contributed by atoms with Gasteiger partial charge in [0.05, 0.1) is 12.7 Å². The van der Waals surface area contributed by atoms with Gasteiger partial charge in [0.25, 0.3) is 0 Å². The molecule has 2 amide bonds. The number of carbonyl (C=O) groups excluding carboxylic acids is 1. The Kier molecular flexibility index (Phi) is 3.95. The zero-order chi connectivity index (χ0) is 13.9. The average Bonchev–Trinajstić information content (AvgIpc) is 3.22. The van der Waals surface area contributed by atoms with Crippen molar-refractivity contribution in [1.82, 2.24) is 5.32 Å². The predicted octanol–water partition coefficient (Wildman–Crippen LogP) is 1.98. The normalized spacial score (nSPS) is 17.4. The Hall–Kier alpha value is -1.75. The molecule has 1 aromatic rings. The molecule has 0 spiro atoms. The van der Waals surface area contributed by atoms with Crippen molar-refractivity contribution in [2.75, 3.05) is 19.0 Å². The van der Waals surface area contributed by atoms with Crippen LogP contribution in [0.25, 0.3) is 0 Å². The fraction of sp³-hybridized carbons (Fsp3) is 0.500. The topological polar surface area (TPSA) is 70.6 Å². The summed E-state index contributed by atoms with van der Waals surface area (Å²) in [6.07, 6.45) is 2.07. The lowest BCUT2D eigenvalue weighted by atomic mass is 10.0. The van der Waals surface area contributed by atoms with Gasteiger partial charge in [-0.2, -0.15) is 0 Å². The van der Waals surface area contributed by atoms with Gasteiger partial charge >= 0.3 is 6.03 Å². The van der Waals surface area contributed by atoms with Gasteiger partial charge < -0.3 is 20.5 Å². The van der Waals surface area contributed by atoms with Gasteiger partial charge in [0.2, 0.25) is 0 Å². The molecule has 1 unspecified atom stereocenters. The molecule has 0 aromatic heterocycles. The Morgan fingerprint density at radius 3 is 2.58 bits per heavy atom. The summed E-state index contributed by atoms with van der Waals surface area (Å²) in [5, 5.41) is 15.5. The molecular weight excluding hydrogens is 244 g/mol. The van der Waals surface area contributed by atoms with E-state index in [0.717, 1.165) is 18.6 Å². The summed E-state index contributed by atoms with van der Waals surface area (Å²) in [5.74, 6) is 1.05. The van der Waals surface area contributed by atoms with Crippen molar-refractivity contribution in [2.45, 2.75) is 25.4 Å². The predicted molar refractivity (Wildman–Crippen MR) is 73.4 cm³/mol. The fourth-order valence-electron chi connectivity index (χ4n) is 1.96. The van der Waals surface area contributed by atoms with Crippen LogP contribution in [0.5, 0.6) is 5.75 Å². The van der Waals surface area contributed by atoms with E-state index < -0.39 is 5.60 Å². The van der Waals surface area contributed by atoms with Gasteiger partial charge in [-0.15, -0.1) is 0 Å². The SMILES string of the molecule is COc1ccc(NC(=O)NCC(C)(O)C2CC2)cc1. The lowest BCUT2D eigenvalue weighted by Crippen LogP contribution is -2.43. The van der Waals surface area contributed by atoms with Gasteiger partial charge in [-0.25, -0.2) is 4.79 Å². The van der Waals surface area contributed by atoms with Crippen LogP contribution >= 0.6 is 0 Å². The number of ether oxygens (including phenoxy) is 1. The largest absolute Gasteiger partial charge is 0.497 e. The minimum Gasteiger partial charge on any atom is -0.497 e. The molecule has 1 saturated carbocycles. The first-order valence-corrected chi connectivity index (χ1v) is 6.42. The zero-order valence-corrected chi connectivity index (χ0v) is 11.3. The summed E-state index contributed by atoms with van der Waals surface area (Å²) in [6.45, 7) is 2.03. The molecule has 0 heterocycles. The van der Waals surface area contributed by atoms with Crippen molar-refractivity contribution in [3.05, 3.63) is 24.3 Å². The summed E-state index contributed by atoms with van der Waals surface area (Å²) in [4.78, 5) is 11.7. The molecule has 5 nitrogen and oxygen atoms in total. The van der Waals surface area contributed by atoms with Crippen LogP contribution in [-0.2, 0) is 0 Å². The number of aliphatic hydroxyl groups is 1. The van der Waals surface area contributed by atoms with Crippen LogP contribution < -0.4 is 15.4 Å². The Balaban J connectivity index is 1.80. The molecule has 1 aromatic carbocycles. The fourth-order valence-corrected chi connectivity index (χ4v) is 1.96. The summed E-state index contributed by atoms with van der Waals surface area (Å²) in [6, 6.07) is 6.76. The third-order valence-corrected chi connectivity index (χ3v) is 3.41. The number of rotatable bonds is 5. The van der Waals surface area contributed by atoms with E-state index in [1.165, 1.54) is 0 Å². The number of urea groups is 1. The molecule has 0 saturated heterocycles. The van der Waals surface area contributed by atoms with Crippen LogP contribution in [0.15, 0.2) is 24.3 Å². The van der Waals surface area contributed by atoms with Crippen LogP contribution in [0.4, 0.5) is 10.5 Å². The molecule has 104 valence electrons. The third-order valence-electron chi connectivity index (χ3n) is 3.41. The number of amides is 2. The van der Waals surface area contributed by atoms with Crippen LogP contribution in [-0.4, -0.2) is 30.4 Å². The second kappa shape index (κ2) is 5.48. The molecular formula is C14H20N2O3. The summed E-state index contributed by atoms with van der Waals surface area (Å²) in [5.41, 5.74) is -0.124. The van der Waals surface area contributed by atoms with Crippen molar-refractivity contribution in [3.63, 3.8) is 0 Å². The highest BCUT2D eigenvalue weighted by Gasteiger charge is 2.39. The van der Waals surface area contributed by atoms with Gasteiger partial charge in [-0.3, -0.25) is 0 Å². The summed E-state index contributed by atoms with van der Waals surface area (Å²) >= 11 is 0. The van der Waals surface area contributed by atoms with E-state index in [4.69, 9.17) is 4.74 Å². The van der Waals surface area contributed by atoms with Crippen LogP contribution in [0.1, 0.15) is 19.8 Å². The monoisotopic (exact) mass is 264 g/mol. The highest BCUT2D eigenvalue weighted by atomic mass is 16.5. The molecule has 1 fully saturated rings. The van der Waals surface area contributed by atoms with Crippen LogP contribution in [0.3, 0.4) is 0 Å². The second-order valence-corrected chi connectivity index (χ2v) is 5.17. The van der Waals surface area contributed by atoms with E-state index in [0.29, 0.717) is 11.6 Å². The van der Waals surface area contributed by atoms with Crippen molar-refractivity contribution >= 4 is 11.7 Å². The number of hydrogen-bond acceptors (Lipinski definition) is 3. The highest BCUT2D eigenvalue weighted by molar-refractivity contribution is 5.89. The van der Waals surface area contributed by atoms with Crippen LogP contribution in [0, 0.1) is 5.92 Å². The lowest BCUT2D eigenvalue weighted by molar-refractivity contribution is 0.0398. The molecule has 0 aliphatic heterocycles. The number of carbonyl (C=O) groups is 1. The number of nitrogens with one attached hydrogen (secondary N) is 2.